The van der Waals surface area contributed by atoms with Crippen LogP contribution in [0.2, 0.25) is 0 Å². The third-order valence-corrected chi connectivity index (χ3v) is 2.70. The Labute approximate surface area is 54.1 Å². The van der Waals surface area contributed by atoms with Gasteiger partial charge in [0.15, 0.2) is 11.1 Å². The van der Waals surface area contributed by atoms with Gasteiger partial charge in [-0.25, -0.2) is 4.21 Å². The highest BCUT2D eigenvalue weighted by atomic mass is 32.3. The first kappa shape index (κ1) is 8.98. The first-order chi connectivity index (χ1) is 3.85. The number of hydrogen-bond donors (Lipinski definition) is 3. The summed E-state index contributed by atoms with van der Waals surface area (Å²) in [6, 6.07) is 0. The molecule has 8 heteroatoms. The molecule has 56 valence electrons. The fourth-order valence-corrected chi connectivity index (χ4v) is 0.936. The molecule has 4 N–H and O–H groups in total. The van der Waals surface area contributed by atoms with Gasteiger partial charge in [-0.05, 0) is 0 Å². The fraction of sp³-hybridized carbons (Fsp3) is 1.00. The van der Waals surface area contributed by atoms with Gasteiger partial charge >= 0.3 is 0 Å². The lowest BCUT2D eigenvalue weighted by Gasteiger charge is -1.99. The molecule has 0 fully saturated rings. The molecule has 0 heterocycles. The van der Waals surface area contributed by atoms with E-state index in [0.29, 0.717) is 0 Å². The summed E-state index contributed by atoms with van der Waals surface area (Å²) in [4.78, 5) is 0. The number of nitrogens with two attached hydrogens (primary N) is 1. The Morgan fingerprint density at radius 1 is 1.56 bits per heavy atom. The molecular weight excluding hydrogens is 170 g/mol. The second kappa shape index (κ2) is 2.71. The Morgan fingerprint density at radius 2 is 1.89 bits per heavy atom. The van der Waals surface area contributed by atoms with Gasteiger partial charge in [-0.3, -0.25) is 4.55 Å². The molecule has 0 rings (SSSR count). The highest BCUT2D eigenvalue weighted by molar-refractivity contribution is 8.01. The predicted octanol–water partition coefficient (Wildman–Crippen LogP) is -1.66. The van der Waals surface area contributed by atoms with Crippen LogP contribution >= 0.6 is 0 Å². The summed E-state index contributed by atoms with van der Waals surface area (Å²) < 4.78 is 43.3. The summed E-state index contributed by atoms with van der Waals surface area (Å²) in [5.41, 5.74) is 4.51. The van der Waals surface area contributed by atoms with Crippen LogP contribution in [0.3, 0.4) is 0 Å². The van der Waals surface area contributed by atoms with Crippen molar-refractivity contribution in [1.82, 2.24) is 0 Å². The lowest BCUT2D eigenvalue weighted by molar-refractivity contribution is 0.475. The SMILES string of the molecule is NC(S(=O)O)S(=O)(=O)O. The summed E-state index contributed by atoms with van der Waals surface area (Å²) in [6.45, 7) is 0. The average molecular weight is 175 g/mol. The summed E-state index contributed by atoms with van der Waals surface area (Å²) in [7, 11) is -4.57. The summed E-state index contributed by atoms with van der Waals surface area (Å²) >= 11 is -2.74. The van der Waals surface area contributed by atoms with Gasteiger partial charge in [0, 0.05) is 0 Å². The van der Waals surface area contributed by atoms with Gasteiger partial charge in [0.1, 0.15) is 0 Å². The van der Waals surface area contributed by atoms with Crippen molar-refractivity contribution in [2.24, 2.45) is 5.73 Å². The molecule has 0 aliphatic heterocycles. The highest BCUT2D eigenvalue weighted by Crippen LogP contribution is 1.92. The molecule has 9 heavy (non-hydrogen) atoms. The average Bonchev–Trinajstić information content (AvgIpc) is 1.62. The maximum Gasteiger partial charge on any atom is 0.295 e. The van der Waals surface area contributed by atoms with Gasteiger partial charge in [0.25, 0.3) is 10.1 Å². The fourth-order valence-electron chi connectivity index (χ4n) is 0.104. The van der Waals surface area contributed by atoms with Crippen molar-refractivity contribution in [3.05, 3.63) is 0 Å². The van der Waals surface area contributed by atoms with Crippen LogP contribution in [0.5, 0.6) is 0 Å². The normalized spacial score (nSPS) is 19.0. The molecule has 0 aliphatic carbocycles. The van der Waals surface area contributed by atoms with Gasteiger partial charge in [0.05, 0.1) is 0 Å². The van der Waals surface area contributed by atoms with Crippen molar-refractivity contribution in [2.45, 2.75) is 4.71 Å². The molecule has 0 bridgehead atoms. The molecule has 0 spiro atoms. The first-order valence-corrected chi connectivity index (χ1v) is 4.34. The van der Waals surface area contributed by atoms with Crippen LogP contribution in [0.1, 0.15) is 0 Å². The molecule has 2 atom stereocenters. The van der Waals surface area contributed by atoms with E-state index in [0.717, 1.165) is 0 Å². The minimum atomic E-state index is -4.57. The lowest BCUT2D eigenvalue weighted by Crippen LogP contribution is -2.33. The van der Waals surface area contributed by atoms with Gasteiger partial charge in [-0.2, -0.15) is 8.42 Å². The van der Waals surface area contributed by atoms with Crippen LogP contribution in [0, 0.1) is 0 Å². The smallest absolute Gasteiger partial charge is 0.295 e. The molecular formula is CH5NO5S2. The van der Waals surface area contributed by atoms with Gasteiger partial charge in [-0.15, -0.1) is 0 Å². The van der Waals surface area contributed by atoms with Crippen molar-refractivity contribution >= 4 is 21.2 Å². The van der Waals surface area contributed by atoms with Gasteiger partial charge < -0.3 is 10.3 Å². The predicted molar refractivity (Wildman–Crippen MR) is 30.3 cm³/mol. The quantitative estimate of drug-likeness (QED) is 0.341. The van der Waals surface area contributed by atoms with Crippen LogP contribution in [0.15, 0.2) is 0 Å². The molecule has 0 saturated heterocycles. The molecule has 2 unspecified atom stereocenters. The monoisotopic (exact) mass is 175 g/mol. The first-order valence-electron chi connectivity index (χ1n) is 1.67. The maximum atomic E-state index is 9.85. The topological polar surface area (TPSA) is 118 Å². The van der Waals surface area contributed by atoms with Crippen molar-refractivity contribution in [1.29, 1.82) is 0 Å². The summed E-state index contributed by atoms with van der Waals surface area (Å²) in [6.07, 6.45) is 0. The van der Waals surface area contributed by atoms with Gasteiger partial charge in [-0.1, -0.05) is 0 Å². The molecule has 0 aromatic heterocycles. The van der Waals surface area contributed by atoms with Crippen LogP contribution in [-0.4, -0.2) is 26.4 Å². The Balaban J connectivity index is 4.43. The van der Waals surface area contributed by atoms with E-state index in [1.807, 2.05) is 0 Å². The largest absolute Gasteiger partial charge is 0.304 e. The molecule has 0 aliphatic rings. The molecule has 0 aromatic carbocycles. The third kappa shape index (κ3) is 2.87. The van der Waals surface area contributed by atoms with Crippen molar-refractivity contribution in [3.8, 4) is 0 Å². The standard InChI is InChI=1S/CH5NO5S2/c2-1(8(3)4)9(5,6)7/h1H,2H2,(H,3,4)(H,5,6,7). The molecule has 0 aromatic rings. The van der Waals surface area contributed by atoms with E-state index >= 15 is 0 Å². The summed E-state index contributed by atoms with van der Waals surface area (Å²) in [5.74, 6) is 0. The second-order valence-electron chi connectivity index (χ2n) is 1.16. The zero-order valence-electron chi connectivity index (χ0n) is 4.09. The van der Waals surface area contributed by atoms with E-state index in [1.54, 1.807) is 0 Å². The van der Waals surface area contributed by atoms with E-state index in [-0.39, 0.29) is 0 Å². The molecule has 0 radical (unpaired) electrons. The number of hydrogen-bond acceptors (Lipinski definition) is 4. The third-order valence-electron chi connectivity index (χ3n) is 0.492. The second-order valence-corrected chi connectivity index (χ2v) is 4.06. The van der Waals surface area contributed by atoms with E-state index in [9.17, 15) is 12.6 Å². The zero-order valence-corrected chi connectivity index (χ0v) is 5.72. The lowest BCUT2D eigenvalue weighted by atomic mass is 11.5. The van der Waals surface area contributed by atoms with Crippen LogP contribution in [0.25, 0.3) is 0 Å². The van der Waals surface area contributed by atoms with E-state index < -0.39 is 25.9 Å². The van der Waals surface area contributed by atoms with E-state index in [4.69, 9.17) is 9.11 Å². The van der Waals surface area contributed by atoms with Crippen LogP contribution in [-0.2, 0) is 21.2 Å². The Kier molecular flexibility index (Phi) is 2.70. The molecule has 6 nitrogen and oxygen atoms in total. The van der Waals surface area contributed by atoms with Crippen molar-refractivity contribution in [2.75, 3.05) is 0 Å². The minimum absolute atomic E-state index is 2.13. The highest BCUT2D eigenvalue weighted by Gasteiger charge is 2.23. The van der Waals surface area contributed by atoms with E-state index in [2.05, 4.69) is 5.73 Å². The minimum Gasteiger partial charge on any atom is -0.304 e. The van der Waals surface area contributed by atoms with E-state index in [1.165, 1.54) is 0 Å². The Bertz CT molecular complexity index is 205. The van der Waals surface area contributed by atoms with Crippen LogP contribution in [0.4, 0.5) is 0 Å². The van der Waals surface area contributed by atoms with Crippen LogP contribution < -0.4 is 5.73 Å². The summed E-state index contributed by atoms with van der Waals surface area (Å²) in [5, 5.41) is 0. The Hall–Kier alpha value is -0.0200. The maximum absolute atomic E-state index is 9.85. The molecule has 0 saturated carbocycles. The zero-order chi connectivity index (χ0) is 7.65. The van der Waals surface area contributed by atoms with Crippen molar-refractivity contribution in [3.63, 3.8) is 0 Å². The van der Waals surface area contributed by atoms with Gasteiger partial charge in [0.2, 0.25) is 4.71 Å². The number of rotatable bonds is 2. The molecule has 0 amide bonds. The van der Waals surface area contributed by atoms with Crippen molar-refractivity contribution < 1.29 is 21.7 Å². The Morgan fingerprint density at radius 3 is 1.89 bits per heavy atom.